The number of hydrogen-bond donors (Lipinski definition) is 0. The molecule has 2 aromatic carbocycles. The maximum absolute atomic E-state index is 12.4. The molecule has 0 aromatic heterocycles. The SMILES string of the molecule is Cc1ccc(/C=N\N=C2\S[C@H](C)C(=O)N2Cc2ccccc2)c(C)c1. The predicted octanol–water partition coefficient (Wildman–Crippen LogP) is 4.16. The van der Waals surface area contributed by atoms with Gasteiger partial charge in [-0.1, -0.05) is 65.9 Å². The number of carbonyl (C=O) groups is 1. The lowest BCUT2D eigenvalue weighted by molar-refractivity contribution is -0.126. The average molecular weight is 351 g/mol. The lowest BCUT2D eigenvalue weighted by Crippen LogP contribution is -2.30. The molecule has 5 heteroatoms. The number of benzene rings is 2. The minimum atomic E-state index is -0.126. The average Bonchev–Trinajstić information content (AvgIpc) is 2.86. The van der Waals surface area contributed by atoms with Crippen LogP contribution < -0.4 is 0 Å². The molecule has 1 amide bonds. The van der Waals surface area contributed by atoms with Crippen LogP contribution in [0.25, 0.3) is 0 Å². The Morgan fingerprint density at radius 3 is 2.64 bits per heavy atom. The summed E-state index contributed by atoms with van der Waals surface area (Å²) in [6.07, 6.45) is 1.75. The Morgan fingerprint density at radius 2 is 1.92 bits per heavy atom. The van der Waals surface area contributed by atoms with Gasteiger partial charge in [-0.25, -0.2) is 0 Å². The van der Waals surface area contributed by atoms with Crippen LogP contribution in [0.3, 0.4) is 0 Å². The number of amidine groups is 1. The van der Waals surface area contributed by atoms with E-state index in [1.54, 1.807) is 11.1 Å². The molecule has 1 atom stereocenters. The van der Waals surface area contributed by atoms with Crippen molar-refractivity contribution in [1.82, 2.24) is 4.90 Å². The van der Waals surface area contributed by atoms with E-state index in [4.69, 9.17) is 0 Å². The molecule has 0 aliphatic carbocycles. The molecule has 1 saturated heterocycles. The summed E-state index contributed by atoms with van der Waals surface area (Å²) in [6, 6.07) is 16.1. The first-order valence-corrected chi connectivity index (χ1v) is 9.13. The van der Waals surface area contributed by atoms with Gasteiger partial charge >= 0.3 is 0 Å². The zero-order chi connectivity index (χ0) is 17.8. The van der Waals surface area contributed by atoms with E-state index in [1.165, 1.54) is 17.3 Å². The van der Waals surface area contributed by atoms with E-state index in [0.29, 0.717) is 11.7 Å². The first-order valence-electron chi connectivity index (χ1n) is 8.25. The van der Waals surface area contributed by atoms with Crippen LogP contribution in [-0.2, 0) is 11.3 Å². The van der Waals surface area contributed by atoms with Crippen LogP contribution in [0.2, 0.25) is 0 Å². The molecule has 0 radical (unpaired) electrons. The molecule has 1 aliphatic rings. The van der Waals surface area contributed by atoms with Crippen molar-refractivity contribution in [3.8, 4) is 0 Å². The Morgan fingerprint density at radius 1 is 1.16 bits per heavy atom. The van der Waals surface area contributed by atoms with Crippen molar-refractivity contribution in [2.24, 2.45) is 10.2 Å². The predicted molar refractivity (Wildman–Crippen MR) is 105 cm³/mol. The van der Waals surface area contributed by atoms with Crippen LogP contribution in [0.5, 0.6) is 0 Å². The molecule has 128 valence electrons. The van der Waals surface area contributed by atoms with Gasteiger partial charge in [-0.05, 0) is 37.5 Å². The number of rotatable bonds is 4. The highest BCUT2D eigenvalue weighted by molar-refractivity contribution is 8.15. The van der Waals surface area contributed by atoms with E-state index >= 15 is 0 Å². The monoisotopic (exact) mass is 351 g/mol. The summed E-state index contributed by atoms with van der Waals surface area (Å²) in [5.41, 5.74) is 4.50. The summed E-state index contributed by atoms with van der Waals surface area (Å²) in [4.78, 5) is 14.1. The van der Waals surface area contributed by atoms with Crippen molar-refractivity contribution in [1.29, 1.82) is 0 Å². The van der Waals surface area contributed by atoms with E-state index in [0.717, 1.165) is 16.7 Å². The molecule has 1 fully saturated rings. The Kier molecular flexibility index (Phi) is 5.34. The van der Waals surface area contributed by atoms with Crippen molar-refractivity contribution in [2.75, 3.05) is 0 Å². The summed E-state index contributed by atoms with van der Waals surface area (Å²) >= 11 is 1.46. The van der Waals surface area contributed by atoms with Crippen LogP contribution in [0.1, 0.15) is 29.2 Å². The van der Waals surface area contributed by atoms with Crippen LogP contribution in [0.15, 0.2) is 58.7 Å². The summed E-state index contributed by atoms with van der Waals surface area (Å²) in [7, 11) is 0. The molecular weight excluding hydrogens is 330 g/mol. The molecule has 3 rings (SSSR count). The first-order chi connectivity index (χ1) is 12.0. The van der Waals surface area contributed by atoms with Crippen LogP contribution >= 0.6 is 11.8 Å². The minimum absolute atomic E-state index is 0.0781. The van der Waals surface area contributed by atoms with Crippen LogP contribution in [0.4, 0.5) is 0 Å². The fourth-order valence-corrected chi connectivity index (χ4v) is 3.61. The fraction of sp³-hybridized carbons (Fsp3) is 0.250. The highest BCUT2D eigenvalue weighted by atomic mass is 32.2. The summed E-state index contributed by atoms with van der Waals surface area (Å²) < 4.78 is 0. The number of thioether (sulfide) groups is 1. The molecule has 0 saturated carbocycles. The van der Waals surface area contributed by atoms with Crippen LogP contribution in [0, 0.1) is 13.8 Å². The van der Waals surface area contributed by atoms with Crippen molar-refractivity contribution in [2.45, 2.75) is 32.6 Å². The summed E-state index contributed by atoms with van der Waals surface area (Å²) in [5, 5.41) is 9.07. The minimum Gasteiger partial charge on any atom is -0.284 e. The fourth-order valence-electron chi connectivity index (χ4n) is 2.69. The summed E-state index contributed by atoms with van der Waals surface area (Å²) in [5.74, 6) is 0.0781. The molecule has 0 unspecified atom stereocenters. The quantitative estimate of drug-likeness (QED) is 0.613. The Bertz CT molecular complexity index is 830. The molecular formula is C20H21N3OS. The highest BCUT2D eigenvalue weighted by Gasteiger charge is 2.35. The topological polar surface area (TPSA) is 45.0 Å². The van der Waals surface area contributed by atoms with Gasteiger partial charge in [0.05, 0.1) is 18.0 Å². The van der Waals surface area contributed by atoms with E-state index in [1.807, 2.05) is 43.3 Å². The van der Waals surface area contributed by atoms with E-state index in [2.05, 4.69) is 36.2 Å². The Hall–Kier alpha value is -2.40. The molecule has 1 heterocycles. The van der Waals surface area contributed by atoms with Gasteiger partial charge in [-0.3, -0.25) is 9.69 Å². The highest BCUT2D eigenvalue weighted by Crippen LogP contribution is 2.28. The van der Waals surface area contributed by atoms with Gasteiger partial charge in [-0.2, -0.15) is 5.10 Å². The number of aryl methyl sites for hydroxylation is 2. The van der Waals surface area contributed by atoms with Gasteiger partial charge in [0.2, 0.25) is 5.91 Å². The summed E-state index contributed by atoms with van der Waals surface area (Å²) in [6.45, 7) is 6.55. The number of amides is 1. The van der Waals surface area contributed by atoms with Crippen LogP contribution in [-0.4, -0.2) is 27.4 Å². The smallest absolute Gasteiger partial charge is 0.242 e. The third-order valence-electron chi connectivity index (χ3n) is 4.08. The molecule has 4 nitrogen and oxygen atoms in total. The third kappa shape index (κ3) is 4.17. The molecule has 0 spiro atoms. The number of carbonyl (C=O) groups excluding carboxylic acids is 1. The van der Waals surface area contributed by atoms with Crippen molar-refractivity contribution in [3.63, 3.8) is 0 Å². The van der Waals surface area contributed by atoms with E-state index < -0.39 is 0 Å². The van der Waals surface area contributed by atoms with E-state index in [-0.39, 0.29) is 11.2 Å². The largest absolute Gasteiger partial charge is 0.284 e. The molecule has 0 N–H and O–H groups in total. The lowest BCUT2D eigenvalue weighted by Gasteiger charge is -2.15. The molecule has 1 aliphatic heterocycles. The molecule has 25 heavy (non-hydrogen) atoms. The standard InChI is InChI=1S/C20H21N3OS/c1-14-9-10-18(15(2)11-14)12-21-22-20-23(19(24)16(3)25-20)13-17-7-5-4-6-8-17/h4-12,16H,13H2,1-3H3/b21-12-,22-20+/t16-/m1/s1. The Balaban J connectivity index is 1.79. The molecule has 0 bridgehead atoms. The van der Waals surface area contributed by atoms with Gasteiger partial charge in [0.25, 0.3) is 0 Å². The van der Waals surface area contributed by atoms with Gasteiger partial charge in [0.15, 0.2) is 5.17 Å². The third-order valence-corrected chi connectivity index (χ3v) is 5.14. The second-order valence-electron chi connectivity index (χ2n) is 6.16. The van der Waals surface area contributed by atoms with Crippen molar-refractivity contribution in [3.05, 3.63) is 70.8 Å². The second kappa shape index (κ2) is 7.66. The Labute approximate surface area is 152 Å². The maximum Gasteiger partial charge on any atom is 0.242 e. The first kappa shape index (κ1) is 17.4. The normalized spacial score (nSPS) is 19.3. The number of hydrogen-bond acceptors (Lipinski definition) is 4. The van der Waals surface area contributed by atoms with Gasteiger partial charge in [0, 0.05) is 0 Å². The zero-order valence-corrected chi connectivity index (χ0v) is 15.5. The van der Waals surface area contributed by atoms with Gasteiger partial charge in [-0.15, -0.1) is 5.10 Å². The van der Waals surface area contributed by atoms with Crippen molar-refractivity contribution >= 4 is 29.1 Å². The van der Waals surface area contributed by atoms with E-state index in [9.17, 15) is 4.79 Å². The lowest BCUT2D eigenvalue weighted by atomic mass is 10.1. The van der Waals surface area contributed by atoms with Gasteiger partial charge in [0.1, 0.15) is 0 Å². The maximum atomic E-state index is 12.4. The number of nitrogens with zero attached hydrogens (tertiary/aromatic N) is 3. The molecule has 2 aromatic rings. The second-order valence-corrected chi connectivity index (χ2v) is 7.47. The van der Waals surface area contributed by atoms with Crippen molar-refractivity contribution < 1.29 is 4.79 Å². The zero-order valence-electron chi connectivity index (χ0n) is 14.6. The van der Waals surface area contributed by atoms with Gasteiger partial charge < -0.3 is 0 Å².